The molecule has 0 aromatic heterocycles. The van der Waals surface area contributed by atoms with E-state index in [1.807, 2.05) is 12.1 Å². The van der Waals surface area contributed by atoms with Gasteiger partial charge in [-0.2, -0.15) is 5.10 Å². The van der Waals surface area contributed by atoms with Gasteiger partial charge in [-0.1, -0.05) is 15.9 Å². The van der Waals surface area contributed by atoms with Crippen molar-refractivity contribution in [2.45, 2.75) is 6.92 Å². The largest absolute Gasteiger partial charge is 0.339 e. The quantitative estimate of drug-likeness (QED) is 0.586. The number of anilines is 1. The first-order valence-electron chi connectivity index (χ1n) is 4.67. The molecule has 0 aliphatic carbocycles. The summed E-state index contributed by atoms with van der Waals surface area (Å²) in [7, 11) is 0. The van der Waals surface area contributed by atoms with E-state index in [9.17, 15) is 4.79 Å². The summed E-state index contributed by atoms with van der Waals surface area (Å²) in [6, 6.07) is 6.84. The van der Waals surface area contributed by atoms with Crippen LogP contribution in [0.5, 0.6) is 0 Å². The summed E-state index contributed by atoms with van der Waals surface area (Å²) in [6.07, 6.45) is 0. The van der Waals surface area contributed by atoms with Crippen LogP contribution in [0.1, 0.15) is 6.92 Å². The molecule has 6 heteroatoms. The number of nitrogens with zero attached hydrogens (tertiary/aromatic N) is 1. The molecule has 16 heavy (non-hydrogen) atoms. The Kier molecular flexibility index (Phi) is 4.94. The number of benzene rings is 1. The van der Waals surface area contributed by atoms with Crippen LogP contribution in [-0.4, -0.2) is 18.3 Å². The second-order valence-corrected chi connectivity index (χ2v) is 4.04. The Labute approximate surface area is 102 Å². The summed E-state index contributed by atoms with van der Waals surface area (Å²) < 4.78 is 0.954. The second-order valence-electron chi connectivity index (χ2n) is 3.12. The van der Waals surface area contributed by atoms with E-state index in [0.717, 1.165) is 4.47 Å². The first-order chi connectivity index (χ1) is 7.61. The van der Waals surface area contributed by atoms with Crippen LogP contribution in [0.3, 0.4) is 0 Å². The number of carbonyl (C=O) groups excluding carboxylic acids is 1. The zero-order valence-corrected chi connectivity index (χ0v) is 10.4. The number of halogens is 1. The topological polar surface area (TPSA) is 79.5 Å². The molecule has 2 amide bonds. The minimum atomic E-state index is -0.393. The van der Waals surface area contributed by atoms with Crippen LogP contribution in [0, 0.1) is 0 Å². The molecular formula is C10H13BrN4O. The minimum Gasteiger partial charge on any atom is -0.325 e. The van der Waals surface area contributed by atoms with Crippen LogP contribution in [0.2, 0.25) is 0 Å². The van der Waals surface area contributed by atoms with E-state index in [1.165, 1.54) is 0 Å². The number of hydrazone groups is 1. The van der Waals surface area contributed by atoms with Crippen LogP contribution < -0.4 is 16.5 Å². The highest BCUT2D eigenvalue weighted by Crippen LogP contribution is 2.13. The van der Waals surface area contributed by atoms with Gasteiger partial charge in [0.1, 0.15) is 0 Å². The summed E-state index contributed by atoms with van der Waals surface area (Å²) in [5.74, 6) is 0. The van der Waals surface area contributed by atoms with Gasteiger partial charge in [0.25, 0.3) is 0 Å². The first kappa shape index (κ1) is 12.7. The molecule has 5 nitrogen and oxygen atoms in total. The van der Waals surface area contributed by atoms with Crippen molar-refractivity contribution in [2.24, 2.45) is 10.8 Å². The van der Waals surface area contributed by atoms with Gasteiger partial charge < -0.3 is 11.1 Å². The normalized spacial score (nSPS) is 11.1. The van der Waals surface area contributed by atoms with E-state index in [-0.39, 0.29) is 0 Å². The fourth-order valence-electron chi connectivity index (χ4n) is 0.884. The lowest BCUT2D eigenvalue weighted by atomic mass is 10.3. The Hall–Kier alpha value is -1.40. The zero-order chi connectivity index (χ0) is 12.0. The van der Waals surface area contributed by atoms with Crippen LogP contribution in [0.4, 0.5) is 10.5 Å². The number of carbonyl (C=O) groups is 1. The number of rotatable bonds is 3. The molecule has 0 fully saturated rings. The molecule has 4 N–H and O–H groups in total. The third-order valence-corrected chi connectivity index (χ3v) is 2.27. The van der Waals surface area contributed by atoms with Crippen LogP contribution >= 0.6 is 15.9 Å². The maximum absolute atomic E-state index is 11.3. The molecule has 0 saturated heterocycles. The lowest BCUT2D eigenvalue weighted by Crippen LogP contribution is -2.26. The molecule has 0 heterocycles. The highest BCUT2D eigenvalue weighted by atomic mass is 79.9. The third kappa shape index (κ3) is 4.41. The highest BCUT2D eigenvalue weighted by Gasteiger charge is 1.99. The van der Waals surface area contributed by atoms with Crippen molar-refractivity contribution in [3.05, 3.63) is 28.7 Å². The first-order valence-corrected chi connectivity index (χ1v) is 5.47. The van der Waals surface area contributed by atoms with Crippen LogP contribution in [0.25, 0.3) is 0 Å². The van der Waals surface area contributed by atoms with Crippen molar-refractivity contribution in [3.8, 4) is 0 Å². The number of amides is 2. The number of nitrogens with two attached hydrogens (primary N) is 1. The minimum absolute atomic E-state index is 0.318. The molecule has 0 saturated carbocycles. The van der Waals surface area contributed by atoms with E-state index in [2.05, 4.69) is 31.8 Å². The Morgan fingerprint density at radius 2 is 2.06 bits per heavy atom. The maximum atomic E-state index is 11.3. The lowest BCUT2D eigenvalue weighted by molar-refractivity contribution is 0.252. The van der Waals surface area contributed by atoms with E-state index in [1.54, 1.807) is 19.1 Å². The average molecular weight is 285 g/mol. The number of urea groups is 1. The van der Waals surface area contributed by atoms with E-state index >= 15 is 0 Å². The van der Waals surface area contributed by atoms with Gasteiger partial charge in [0, 0.05) is 22.4 Å². The molecule has 0 bridgehead atoms. The Morgan fingerprint density at radius 1 is 1.44 bits per heavy atom. The molecule has 0 aliphatic rings. The maximum Gasteiger partial charge on any atom is 0.339 e. The predicted octanol–water partition coefficient (Wildman–Crippen LogP) is 1.91. The van der Waals surface area contributed by atoms with Crippen molar-refractivity contribution in [3.63, 3.8) is 0 Å². The fourth-order valence-corrected chi connectivity index (χ4v) is 1.15. The second kappa shape index (κ2) is 6.24. The summed E-state index contributed by atoms with van der Waals surface area (Å²) in [6.45, 7) is 2.05. The number of hydrogen-bond acceptors (Lipinski definition) is 3. The van der Waals surface area contributed by atoms with E-state index in [4.69, 9.17) is 5.73 Å². The zero-order valence-electron chi connectivity index (χ0n) is 8.83. The molecule has 1 aromatic rings. The fraction of sp³-hybridized carbons (Fsp3) is 0.200. The Bertz CT molecular complexity index is 388. The summed E-state index contributed by atoms with van der Waals surface area (Å²) in [5.41, 5.74) is 9.02. The van der Waals surface area contributed by atoms with Gasteiger partial charge >= 0.3 is 6.03 Å². The molecule has 1 rings (SSSR count). The summed E-state index contributed by atoms with van der Waals surface area (Å²) >= 11 is 3.31. The summed E-state index contributed by atoms with van der Waals surface area (Å²) in [4.78, 5) is 11.3. The molecule has 0 atom stereocenters. The monoisotopic (exact) mass is 284 g/mol. The van der Waals surface area contributed by atoms with E-state index in [0.29, 0.717) is 17.9 Å². The van der Waals surface area contributed by atoms with Crippen molar-refractivity contribution in [1.29, 1.82) is 0 Å². The Morgan fingerprint density at radius 3 is 2.62 bits per heavy atom. The van der Waals surface area contributed by atoms with Gasteiger partial charge in [0.2, 0.25) is 0 Å². The van der Waals surface area contributed by atoms with Gasteiger partial charge in [-0.25, -0.2) is 10.2 Å². The van der Waals surface area contributed by atoms with Gasteiger partial charge in [-0.15, -0.1) is 0 Å². The van der Waals surface area contributed by atoms with E-state index < -0.39 is 6.03 Å². The average Bonchev–Trinajstić information content (AvgIpc) is 2.29. The van der Waals surface area contributed by atoms with Crippen molar-refractivity contribution < 1.29 is 4.79 Å². The van der Waals surface area contributed by atoms with Gasteiger partial charge in [0.05, 0.1) is 0 Å². The van der Waals surface area contributed by atoms with Crippen LogP contribution in [-0.2, 0) is 0 Å². The SMILES string of the molecule is C/C(CN)=N\NC(=O)Nc1ccc(Br)cc1. The Balaban J connectivity index is 2.49. The van der Waals surface area contributed by atoms with Crippen LogP contribution in [0.15, 0.2) is 33.8 Å². The predicted molar refractivity (Wildman–Crippen MR) is 68.5 cm³/mol. The van der Waals surface area contributed by atoms with Gasteiger partial charge in [-0.3, -0.25) is 0 Å². The molecule has 0 unspecified atom stereocenters. The lowest BCUT2D eigenvalue weighted by Gasteiger charge is -2.04. The molecule has 86 valence electrons. The molecule has 1 aromatic carbocycles. The van der Waals surface area contributed by atoms with Gasteiger partial charge in [0.15, 0.2) is 0 Å². The molecule has 0 radical (unpaired) electrons. The van der Waals surface area contributed by atoms with Crippen molar-refractivity contribution in [1.82, 2.24) is 5.43 Å². The molecule has 0 aliphatic heterocycles. The summed E-state index contributed by atoms with van der Waals surface area (Å²) in [5, 5.41) is 6.41. The smallest absolute Gasteiger partial charge is 0.325 e. The highest BCUT2D eigenvalue weighted by molar-refractivity contribution is 9.10. The molecular weight excluding hydrogens is 272 g/mol. The molecule has 0 spiro atoms. The van der Waals surface area contributed by atoms with Gasteiger partial charge in [-0.05, 0) is 31.2 Å². The number of hydrogen-bond donors (Lipinski definition) is 3. The van der Waals surface area contributed by atoms with Crippen molar-refractivity contribution >= 4 is 33.4 Å². The standard InChI is InChI=1S/C10H13BrN4O/c1-7(6-12)14-15-10(16)13-9-4-2-8(11)3-5-9/h2-5H,6,12H2,1H3,(H2,13,15,16)/b14-7+. The third-order valence-electron chi connectivity index (χ3n) is 1.75. The van der Waals surface area contributed by atoms with Crippen molar-refractivity contribution in [2.75, 3.05) is 11.9 Å². The number of nitrogens with one attached hydrogen (secondary N) is 2.